The molecule has 0 aliphatic carbocycles. The number of aromatic nitrogens is 1. The summed E-state index contributed by atoms with van der Waals surface area (Å²) in [5.74, 6) is -0.741. The Kier molecular flexibility index (Phi) is 5.72. The normalized spacial score (nSPS) is 16.9. The van der Waals surface area contributed by atoms with E-state index in [1.165, 1.54) is 0 Å². The van der Waals surface area contributed by atoms with Crippen LogP contribution >= 0.6 is 11.6 Å². The van der Waals surface area contributed by atoms with Gasteiger partial charge < -0.3 is 15.6 Å². The van der Waals surface area contributed by atoms with E-state index >= 15 is 0 Å². The maximum atomic E-state index is 12.4. The zero-order chi connectivity index (χ0) is 21.1. The highest BCUT2D eigenvalue weighted by atomic mass is 35.5. The molecule has 0 bridgehead atoms. The van der Waals surface area contributed by atoms with Gasteiger partial charge in [-0.2, -0.15) is 0 Å². The number of carbonyl (C=O) groups is 3. The van der Waals surface area contributed by atoms with Gasteiger partial charge in [-0.15, -0.1) is 0 Å². The van der Waals surface area contributed by atoms with Gasteiger partial charge in [-0.25, -0.2) is 4.79 Å². The first kappa shape index (κ1) is 20.0. The fourth-order valence-corrected chi connectivity index (χ4v) is 4.04. The molecule has 4 rings (SSSR count). The smallest absolute Gasteiger partial charge is 0.322 e. The lowest BCUT2D eigenvalue weighted by Crippen LogP contribution is -2.33. The van der Waals surface area contributed by atoms with Crippen LogP contribution in [0.2, 0.25) is 5.02 Å². The number of benzene rings is 2. The van der Waals surface area contributed by atoms with Crippen molar-refractivity contribution in [1.82, 2.24) is 20.9 Å². The van der Waals surface area contributed by atoms with Gasteiger partial charge in [0.2, 0.25) is 5.91 Å². The van der Waals surface area contributed by atoms with Crippen molar-refractivity contribution in [3.63, 3.8) is 0 Å². The molecular formula is C22H21ClN4O3. The standard InChI is InChI=1S/C22H21ClN4O3/c23-17-7-3-1-5-13(17)15(16-11-24-18-8-4-2-6-14(16)18)12-25-20(28)10-9-19-21(29)27-22(30)26-19/h1-8,11,15,19,24H,9-10,12H2,(H,25,28)(H2,26,27,29,30)/t15-,19-/m1/s1. The second kappa shape index (κ2) is 8.59. The maximum Gasteiger partial charge on any atom is 0.322 e. The third kappa shape index (κ3) is 4.16. The molecule has 1 aliphatic rings. The maximum absolute atomic E-state index is 12.4. The van der Waals surface area contributed by atoms with E-state index in [0.29, 0.717) is 11.6 Å². The lowest BCUT2D eigenvalue weighted by atomic mass is 9.90. The van der Waals surface area contributed by atoms with Gasteiger partial charge in [-0.3, -0.25) is 14.9 Å². The first-order valence-corrected chi connectivity index (χ1v) is 10.1. The number of H-pyrrole nitrogens is 1. The molecule has 4 N–H and O–H groups in total. The van der Waals surface area contributed by atoms with E-state index in [1.807, 2.05) is 54.7 Å². The Bertz CT molecular complexity index is 1110. The predicted molar refractivity (Wildman–Crippen MR) is 114 cm³/mol. The number of halogens is 1. The molecule has 3 aromatic rings. The van der Waals surface area contributed by atoms with Gasteiger partial charge in [0, 0.05) is 41.0 Å². The van der Waals surface area contributed by atoms with Gasteiger partial charge in [-0.1, -0.05) is 48.0 Å². The molecule has 1 fully saturated rings. The summed E-state index contributed by atoms with van der Waals surface area (Å²) in [6.45, 7) is 0.355. The number of rotatable bonds is 7. The number of imide groups is 1. The van der Waals surface area contributed by atoms with E-state index in [1.54, 1.807) is 0 Å². The molecule has 8 heteroatoms. The van der Waals surface area contributed by atoms with E-state index in [4.69, 9.17) is 11.6 Å². The molecule has 1 aromatic heterocycles. The van der Waals surface area contributed by atoms with Crippen LogP contribution in [-0.4, -0.2) is 35.4 Å². The summed E-state index contributed by atoms with van der Waals surface area (Å²) in [5, 5.41) is 9.32. The van der Waals surface area contributed by atoms with Crippen LogP contribution in [0, 0.1) is 0 Å². The van der Waals surface area contributed by atoms with Gasteiger partial charge in [-0.05, 0) is 29.7 Å². The summed E-state index contributed by atoms with van der Waals surface area (Å²) in [7, 11) is 0. The molecule has 0 saturated carbocycles. The Balaban J connectivity index is 1.50. The minimum Gasteiger partial charge on any atom is -0.361 e. The lowest BCUT2D eigenvalue weighted by molar-refractivity contribution is -0.122. The minimum atomic E-state index is -0.670. The molecular weight excluding hydrogens is 404 g/mol. The molecule has 1 aliphatic heterocycles. The van der Waals surface area contributed by atoms with E-state index in [-0.39, 0.29) is 24.7 Å². The Morgan fingerprint density at radius 2 is 1.83 bits per heavy atom. The first-order valence-electron chi connectivity index (χ1n) is 9.71. The highest BCUT2D eigenvalue weighted by Gasteiger charge is 2.29. The van der Waals surface area contributed by atoms with Gasteiger partial charge >= 0.3 is 6.03 Å². The van der Waals surface area contributed by atoms with Crippen LogP contribution in [0.1, 0.15) is 29.9 Å². The number of para-hydroxylation sites is 1. The highest BCUT2D eigenvalue weighted by Crippen LogP contribution is 2.34. The summed E-state index contributed by atoms with van der Waals surface area (Å²) < 4.78 is 0. The van der Waals surface area contributed by atoms with Crippen molar-refractivity contribution in [2.45, 2.75) is 24.8 Å². The van der Waals surface area contributed by atoms with Crippen LogP contribution in [0.3, 0.4) is 0 Å². The molecule has 7 nitrogen and oxygen atoms in total. The fraction of sp³-hybridized carbons (Fsp3) is 0.227. The SMILES string of the molecule is O=C(CC[C@H]1NC(=O)NC1=O)NC[C@H](c1ccccc1Cl)c1c[nH]c2ccccc12. The summed E-state index contributed by atoms with van der Waals surface area (Å²) in [5.41, 5.74) is 2.98. The largest absolute Gasteiger partial charge is 0.361 e. The van der Waals surface area contributed by atoms with Crippen LogP contribution in [0.25, 0.3) is 10.9 Å². The summed E-state index contributed by atoms with van der Waals surface area (Å²) in [6.07, 6.45) is 2.32. The van der Waals surface area contributed by atoms with Crippen molar-refractivity contribution in [2.75, 3.05) is 6.54 Å². The van der Waals surface area contributed by atoms with Crippen LogP contribution in [-0.2, 0) is 9.59 Å². The average molecular weight is 425 g/mol. The average Bonchev–Trinajstić information content (AvgIpc) is 3.30. The molecule has 30 heavy (non-hydrogen) atoms. The summed E-state index contributed by atoms with van der Waals surface area (Å²) in [6, 6.07) is 14.4. The molecule has 0 spiro atoms. The first-order chi connectivity index (χ1) is 14.5. The Labute approximate surface area is 178 Å². The van der Waals surface area contributed by atoms with Crippen molar-refractivity contribution >= 4 is 40.3 Å². The van der Waals surface area contributed by atoms with Crippen molar-refractivity contribution in [2.24, 2.45) is 0 Å². The van der Waals surface area contributed by atoms with E-state index < -0.39 is 18.0 Å². The third-order valence-corrected chi connectivity index (χ3v) is 5.64. The van der Waals surface area contributed by atoms with E-state index in [0.717, 1.165) is 22.0 Å². The number of carbonyl (C=O) groups excluding carboxylic acids is 3. The minimum absolute atomic E-state index is 0.126. The Hall–Kier alpha value is -3.32. The number of nitrogens with one attached hydrogen (secondary N) is 4. The quantitative estimate of drug-likeness (QED) is 0.438. The predicted octanol–water partition coefficient (Wildman–Crippen LogP) is 3.06. The molecule has 2 heterocycles. The molecule has 0 radical (unpaired) electrons. The van der Waals surface area contributed by atoms with Crippen LogP contribution in [0.15, 0.2) is 54.7 Å². The topological polar surface area (TPSA) is 103 Å². The van der Waals surface area contributed by atoms with Gasteiger partial charge in [0.15, 0.2) is 0 Å². The summed E-state index contributed by atoms with van der Waals surface area (Å²) in [4.78, 5) is 38.5. The number of hydrogen-bond donors (Lipinski definition) is 4. The van der Waals surface area contributed by atoms with Crippen molar-refractivity contribution in [3.05, 3.63) is 70.9 Å². The van der Waals surface area contributed by atoms with Gasteiger partial charge in [0.1, 0.15) is 6.04 Å². The molecule has 4 amide bonds. The second-order valence-corrected chi connectivity index (χ2v) is 7.63. The Morgan fingerprint density at radius 1 is 1.07 bits per heavy atom. The van der Waals surface area contributed by atoms with Crippen molar-refractivity contribution in [3.8, 4) is 0 Å². The van der Waals surface area contributed by atoms with Crippen molar-refractivity contribution in [1.29, 1.82) is 0 Å². The van der Waals surface area contributed by atoms with Gasteiger partial charge in [0.05, 0.1) is 0 Å². The van der Waals surface area contributed by atoms with Crippen LogP contribution < -0.4 is 16.0 Å². The number of amides is 4. The number of fused-ring (bicyclic) bond motifs is 1. The summed E-state index contributed by atoms with van der Waals surface area (Å²) >= 11 is 6.47. The van der Waals surface area contributed by atoms with Gasteiger partial charge in [0.25, 0.3) is 5.91 Å². The van der Waals surface area contributed by atoms with E-state index in [9.17, 15) is 14.4 Å². The monoisotopic (exact) mass is 424 g/mol. The van der Waals surface area contributed by atoms with Crippen LogP contribution in [0.4, 0.5) is 4.79 Å². The Morgan fingerprint density at radius 3 is 2.60 bits per heavy atom. The number of urea groups is 1. The number of aromatic amines is 1. The third-order valence-electron chi connectivity index (χ3n) is 5.30. The molecule has 2 atom stereocenters. The van der Waals surface area contributed by atoms with Crippen LogP contribution in [0.5, 0.6) is 0 Å². The fourth-order valence-electron chi connectivity index (χ4n) is 3.77. The van der Waals surface area contributed by atoms with E-state index in [2.05, 4.69) is 20.9 Å². The highest BCUT2D eigenvalue weighted by molar-refractivity contribution is 6.31. The zero-order valence-electron chi connectivity index (χ0n) is 16.1. The molecule has 0 unspecified atom stereocenters. The van der Waals surface area contributed by atoms with Crippen molar-refractivity contribution < 1.29 is 14.4 Å². The lowest BCUT2D eigenvalue weighted by Gasteiger charge is -2.19. The zero-order valence-corrected chi connectivity index (χ0v) is 16.8. The second-order valence-electron chi connectivity index (χ2n) is 7.22. The molecule has 154 valence electrons. The number of hydrogen-bond acceptors (Lipinski definition) is 3. The molecule has 1 saturated heterocycles. The molecule has 2 aromatic carbocycles.